The summed E-state index contributed by atoms with van der Waals surface area (Å²) < 4.78 is 0. The molecule has 4 heteroatoms. The molecule has 0 amide bonds. The number of aliphatic hydroxyl groups excluding tert-OH is 3. The Balaban J connectivity index is 2.40. The van der Waals surface area contributed by atoms with Gasteiger partial charge in [0.25, 0.3) is 0 Å². The van der Waals surface area contributed by atoms with Crippen molar-refractivity contribution in [2.75, 3.05) is 13.2 Å². The van der Waals surface area contributed by atoms with E-state index < -0.39 is 11.6 Å². The van der Waals surface area contributed by atoms with E-state index in [1.165, 1.54) is 25.7 Å². The molecule has 0 fully saturated rings. The first-order valence-corrected chi connectivity index (χ1v) is 8.82. The van der Waals surface area contributed by atoms with E-state index in [2.05, 4.69) is 6.92 Å². The standard InChI is InChI=1S/C19H33NO3/c1-2-3-4-5-6-7-18(23)17-10-8-16(9-11-17)12-13-19(20,14-21)15-22/h8-11,18,21-23H,2-7,12-15,20H2,1H3/t18-/m0/s1. The van der Waals surface area contributed by atoms with Gasteiger partial charge in [-0.15, -0.1) is 0 Å². The maximum Gasteiger partial charge on any atom is 0.0790 e. The van der Waals surface area contributed by atoms with Crippen molar-refractivity contribution in [1.82, 2.24) is 0 Å². The number of hydrogen-bond acceptors (Lipinski definition) is 4. The van der Waals surface area contributed by atoms with E-state index in [0.29, 0.717) is 12.8 Å². The van der Waals surface area contributed by atoms with Crippen LogP contribution in [0, 0.1) is 0 Å². The molecule has 0 unspecified atom stereocenters. The Labute approximate surface area is 140 Å². The van der Waals surface area contributed by atoms with Crippen LogP contribution in [0.3, 0.4) is 0 Å². The molecule has 0 saturated heterocycles. The molecule has 0 spiro atoms. The predicted octanol–water partition coefficient (Wildman–Crippen LogP) is 2.70. The molecular formula is C19H33NO3. The zero-order valence-corrected chi connectivity index (χ0v) is 14.4. The topological polar surface area (TPSA) is 86.7 Å². The molecule has 0 radical (unpaired) electrons. The van der Waals surface area contributed by atoms with Gasteiger partial charge in [0.2, 0.25) is 0 Å². The van der Waals surface area contributed by atoms with E-state index in [0.717, 1.165) is 24.0 Å². The van der Waals surface area contributed by atoms with Gasteiger partial charge in [0.05, 0.1) is 24.9 Å². The number of unbranched alkanes of at least 4 members (excludes halogenated alkanes) is 4. The lowest BCUT2D eigenvalue weighted by molar-refractivity contribution is 0.115. The fourth-order valence-electron chi connectivity index (χ4n) is 2.62. The summed E-state index contributed by atoms with van der Waals surface area (Å²) in [5, 5.41) is 28.6. The van der Waals surface area contributed by atoms with Gasteiger partial charge in [-0.05, 0) is 30.4 Å². The SMILES string of the molecule is CCCCCCC[C@H](O)c1ccc(CCC(N)(CO)CO)cc1. The summed E-state index contributed by atoms with van der Waals surface area (Å²) in [6.45, 7) is 1.75. The highest BCUT2D eigenvalue weighted by atomic mass is 16.3. The van der Waals surface area contributed by atoms with E-state index in [9.17, 15) is 15.3 Å². The predicted molar refractivity (Wildman–Crippen MR) is 94.2 cm³/mol. The van der Waals surface area contributed by atoms with Crippen molar-refractivity contribution in [2.24, 2.45) is 5.73 Å². The van der Waals surface area contributed by atoms with Gasteiger partial charge in [0, 0.05) is 0 Å². The number of hydrogen-bond donors (Lipinski definition) is 4. The summed E-state index contributed by atoms with van der Waals surface area (Å²) in [7, 11) is 0. The number of aliphatic hydroxyl groups is 3. The van der Waals surface area contributed by atoms with Crippen molar-refractivity contribution in [3.63, 3.8) is 0 Å². The molecule has 0 bridgehead atoms. The lowest BCUT2D eigenvalue weighted by atomic mass is 9.93. The van der Waals surface area contributed by atoms with Gasteiger partial charge in [-0.2, -0.15) is 0 Å². The Morgan fingerprint density at radius 3 is 2.17 bits per heavy atom. The van der Waals surface area contributed by atoms with Crippen molar-refractivity contribution in [2.45, 2.75) is 69.9 Å². The first kappa shape index (κ1) is 20.1. The smallest absolute Gasteiger partial charge is 0.0790 e. The van der Waals surface area contributed by atoms with Crippen LogP contribution < -0.4 is 5.73 Å². The van der Waals surface area contributed by atoms with Crippen LogP contribution >= 0.6 is 0 Å². The summed E-state index contributed by atoms with van der Waals surface area (Å²) in [6.07, 6.45) is 7.65. The largest absolute Gasteiger partial charge is 0.394 e. The minimum absolute atomic E-state index is 0.224. The highest BCUT2D eigenvalue weighted by Crippen LogP contribution is 2.21. The molecule has 1 rings (SSSR count). The monoisotopic (exact) mass is 323 g/mol. The summed E-state index contributed by atoms with van der Waals surface area (Å²) in [4.78, 5) is 0. The van der Waals surface area contributed by atoms with E-state index in [-0.39, 0.29) is 13.2 Å². The lowest BCUT2D eigenvalue weighted by Gasteiger charge is -2.24. The Morgan fingerprint density at radius 1 is 1.00 bits per heavy atom. The highest BCUT2D eigenvalue weighted by Gasteiger charge is 2.22. The number of rotatable bonds is 12. The molecule has 1 aromatic rings. The molecule has 1 atom stereocenters. The second-order valence-electron chi connectivity index (χ2n) is 6.64. The molecular weight excluding hydrogens is 290 g/mol. The molecule has 0 aliphatic heterocycles. The first-order valence-electron chi connectivity index (χ1n) is 8.82. The summed E-state index contributed by atoms with van der Waals surface area (Å²) in [6, 6.07) is 7.90. The van der Waals surface area contributed by atoms with Crippen molar-refractivity contribution >= 4 is 0 Å². The Morgan fingerprint density at radius 2 is 1.61 bits per heavy atom. The van der Waals surface area contributed by atoms with Crippen LogP contribution in [0.5, 0.6) is 0 Å². The zero-order chi connectivity index (χ0) is 17.1. The van der Waals surface area contributed by atoms with Gasteiger partial charge in [0.1, 0.15) is 0 Å². The normalized spacial score (nSPS) is 13.3. The lowest BCUT2D eigenvalue weighted by Crippen LogP contribution is -2.47. The van der Waals surface area contributed by atoms with Crippen LogP contribution in [0.1, 0.15) is 69.1 Å². The number of aryl methyl sites for hydroxylation is 1. The fourth-order valence-corrected chi connectivity index (χ4v) is 2.62. The van der Waals surface area contributed by atoms with Crippen LogP contribution in [0.15, 0.2) is 24.3 Å². The van der Waals surface area contributed by atoms with E-state index in [4.69, 9.17) is 5.73 Å². The third-order valence-electron chi connectivity index (χ3n) is 4.49. The first-order chi connectivity index (χ1) is 11.0. The Kier molecular flexibility index (Phi) is 9.41. The van der Waals surface area contributed by atoms with Crippen molar-refractivity contribution < 1.29 is 15.3 Å². The minimum Gasteiger partial charge on any atom is -0.394 e. The van der Waals surface area contributed by atoms with E-state index in [1.54, 1.807) is 0 Å². The van der Waals surface area contributed by atoms with Gasteiger partial charge in [-0.3, -0.25) is 0 Å². The number of nitrogens with two attached hydrogens (primary N) is 1. The van der Waals surface area contributed by atoms with Crippen LogP contribution in [-0.2, 0) is 6.42 Å². The third kappa shape index (κ3) is 7.44. The number of benzene rings is 1. The highest BCUT2D eigenvalue weighted by molar-refractivity contribution is 5.24. The van der Waals surface area contributed by atoms with Crippen LogP contribution in [-0.4, -0.2) is 34.1 Å². The van der Waals surface area contributed by atoms with Crippen LogP contribution in [0.25, 0.3) is 0 Å². The van der Waals surface area contributed by atoms with Crippen LogP contribution in [0.4, 0.5) is 0 Å². The molecule has 0 aliphatic carbocycles. The second kappa shape index (κ2) is 10.8. The minimum atomic E-state index is -0.920. The van der Waals surface area contributed by atoms with Crippen molar-refractivity contribution in [3.8, 4) is 0 Å². The average molecular weight is 323 g/mol. The Hall–Kier alpha value is -0.940. The summed E-state index contributed by atoms with van der Waals surface area (Å²) >= 11 is 0. The molecule has 5 N–H and O–H groups in total. The second-order valence-corrected chi connectivity index (χ2v) is 6.64. The molecule has 0 heterocycles. The van der Waals surface area contributed by atoms with Gasteiger partial charge < -0.3 is 21.1 Å². The molecule has 1 aromatic carbocycles. The molecule has 23 heavy (non-hydrogen) atoms. The third-order valence-corrected chi connectivity index (χ3v) is 4.49. The zero-order valence-electron chi connectivity index (χ0n) is 14.4. The van der Waals surface area contributed by atoms with E-state index >= 15 is 0 Å². The van der Waals surface area contributed by atoms with Gasteiger partial charge >= 0.3 is 0 Å². The molecule has 132 valence electrons. The molecule has 0 saturated carbocycles. The summed E-state index contributed by atoms with van der Waals surface area (Å²) in [5.74, 6) is 0. The van der Waals surface area contributed by atoms with Crippen molar-refractivity contribution in [1.29, 1.82) is 0 Å². The van der Waals surface area contributed by atoms with E-state index in [1.807, 2.05) is 24.3 Å². The van der Waals surface area contributed by atoms with Gasteiger partial charge in [0.15, 0.2) is 0 Å². The van der Waals surface area contributed by atoms with Crippen LogP contribution in [0.2, 0.25) is 0 Å². The summed E-state index contributed by atoms with van der Waals surface area (Å²) in [5.41, 5.74) is 7.00. The molecule has 0 aliphatic rings. The Bertz CT molecular complexity index is 415. The van der Waals surface area contributed by atoms with Crippen molar-refractivity contribution in [3.05, 3.63) is 35.4 Å². The quantitative estimate of drug-likeness (QED) is 0.445. The maximum absolute atomic E-state index is 10.2. The van der Waals surface area contributed by atoms with Gasteiger partial charge in [-0.1, -0.05) is 63.3 Å². The maximum atomic E-state index is 10.2. The molecule has 0 aromatic heterocycles. The van der Waals surface area contributed by atoms with Gasteiger partial charge in [-0.25, -0.2) is 0 Å². The molecule has 4 nitrogen and oxygen atoms in total. The fraction of sp³-hybridized carbons (Fsp3) is 0.684. The average Bonchev–Trinajstić information content (AvgIpc) is 2.59.